The summed E-state index contributed by atoms with van der Waals surface area (Å²) in [5.74, 6) is 0.952. The van der Waals surface area contributed by atoms with Crippen molar-refractivity contribution in [1.82, 2.24) is 20.1 Å². The molecule has 0 radical (unpaired) electrons. The second-order valence-electron chi connectivity index (χ2n) is 10.3. The summed E-state index contributed by atoms with van der Waals surface area (Å²) < 4.78 is 1.52. The average Bonchev–Trinajstić information content (AvgIpc) is 3.01. The van der Waals surface area contributed by atoms with Gasteiger partial charge in [-0.25, -0.2) is 0 Å². The number of phenolic OH excluding ortho intramolecular Hbond substituents is 1. The molecule has 2 saturated heterocycles. The lowest BCUT2D eigenvalue weighted by molar-refractivity contribution is 0.207. The zero-order valence-corrected chi connectivity index (χ0v) is 19.7. The van der Waals surface area contributed by atoms with E-state index in [4.69, 9.17) is 0 Å². The molecule has 2 aromatic heterocycles. The van der Waals surface area contributed by atoms with E-state index in [9.17, 15) is 9.90 Å². The number of aromatic nitrogens is 3. The molecule has 5 rings (SSSR count). The number of benzene rings is 1. The number of aromatic hydroxyl groups is 1. The number of hydrogen-bond acceptors (Lipinski definition) is 6. The molecule has 0 amide bonds. The van der Waals surface area contributed by atoms with Gasteiger partial charge in [-0.05, 0) is 81.0 Å². The van der Waals surface area contributed by atoms with Crippen molar-refractivity contribution >= 4 is 5.82 Å². The van der Waals surface area contributed by atoms with E-state index in [0.717, 1.165) is 29.8 Å². The van der Waals surface area contributed by atoms with Gasteiger partial charge in [-0.2, -0.15) is 0 Å². The van der Waals surface area contributed by atoms with E-state index in [-0.39, 0.29) is 22.4 Å². The Morgan fingerprint density at radius 3 is 2.33 bits per heavy atom. The van der Waals surface area contributed by atoms with Crippen LogP contribution in [0, 0.1) is 0 Å². The van der Waals surface area contributed by atoms with E-state index in [0.29, 0.717) is 17.3 Å². The molecular formula is C26H31N5O2. The lowest BCUT2D eigenvalue weighted by atomic mass is 9.84. The fourth-order valence-electron chi connectivity index (χ4n) is 5.60. The zero-order chi connectivity index (χ0) is 23.4. The first-order chi connectivity index (χ1) is 15.6. The molecule has 2 fully saturated rings. The van der Waals surface area contributed by atoms with Gasteiger partial charge in [-0.15, -0.1) is 10.2 Å². The van der Waals surface area contributed by atoms with Gasteiger partial charge in [0.15, 0.2) is 5.82 Å². The quantitative estimate of drug-likeness (QED) is 0.637. The smallest absolute Gasteiger partial charge is 0.250 e. The van der Waals surface area contributed by atoms with Crippen molar-refractivity contribution in [1.29, 1.82) is 0 Å². The summed E-state index contributed by atoms with van der Waals surface area (Å²) >= 11 is 0. The zero-order valence-electron chi connectivity index (χ0n) is 19.7. The normalized spacial score (nSPS) is 26.4. The van der Waals surface area contributed by atoms with Crippen molar-refractivity contribution in [2.75, 3.05) is 11.9 Å². The minimum Gasteiger partial charge on any atom is -0.507 e. The molecule has 3 aromatic rings. The Bertz CT molecular complexity index is 1240. The molecule has 1 aromatic carbocycles. The Labute approximate surface area is 194 Å². The van der Waals surface area contributed by atoms with Crippen molar-refractivity contribution in [3.8, 4) is 28.1 Å². The largest absolute Gasteiger partial charge is 0.507 e. The van der Waals surface area contributed by atoms with Crippen LogP contribution in [0.5, 0.6) is 5.75 Å². The van der Waals surface area contributed by atoms with Crippen LogP contribution in [0.25, 0.3) is 22.4 Å². The van der Waals surface area contributed by atoms with Crippen LogP contribution < -0.4 is 15.8 Å². The van der Waals surface area contributed by atoms with Crippen LogP contribution in [0.1, 0.15) is 39.5 Å². The lowest BCUT2D eigenvalue weighted by Gasteiger charge is -2.45. The maximum Gasteiger partial charge on any atom is 0.250 e. The molecule has 2 aliphatic heterocycles. The van der Waals surface area contributed by atoms with Crippen LogP contribution in [-0.4, -0.2) is 44.0 Å². The number of pyridine rings is 1. The molecule has 2 N–H and O–H groups in total. The number of nitrogens with one attached hydrogen (secondary N) is 1. The highest BCUT2D eigenvalue weighted by Crippen LogP contribution is 2.43. The van der Waals surface area contributed by atoms with Crippen LogP contribution in [0.2, 0.25) is 0 Å². The van der Waals surface area contributed by atoms with Crippen LogP contribution in [0.15, 0.2) is 53.5 Å². The highest BCUT2D eigenvalue weighted by molar-refractivity contribution is 5.74. The van der Waals surface area contributed by atoms with Gasteiger partial charge in [0.05, 0.1) is 5.69 Å². The number of aryl methyl sites for hydroxylation is 1. The van der Waals surface area contributed by atoms with E-state index < -0.39 is 0 Å². The molecule has 3 atom stereocenters. The first-order valence-corrected chi connectivity index (χ1v) is 11.5. The van der Waals surface area contributed by atoms with Crippen LogP contribution >= 0.6 is 0 Å². The van der Waals surface area contributed by atoms with E-state index in [1.54, 1.807) is 25.4 Å². The van der Waals surface area contributed by atoms with Crippen LogP contribution in [-0.2, 0) is 7.05 Å². The molecule has 7 nitrogen and oxygen atoms in total. The monoisotopic (exact) mass is 445 g/mol. The van der Waals surface area contributed by atoms with Crippen molar-refractivity contribution in [3.05, 3.63) is 59.0 Å². The highest BCUT2D eigenvalue weighted by atomic mass is 16.3. The molecule has 2 bridgehead atoms. The first-order valence-electron chi connectivity index (χ1n) is 11.5. The first kappa shape index (κ1) is 21.6. The van der Waals surface area contributed by atoms with Crippen molar-refractivity contribution in [3.63, 3.8) is 0 Å². The molecular weight excluding hydrogens is 414 g/mol. The summed E-state index contributed by atoms with van der Waals surface area (Å²) in [4.78, 5) is 14.2. The molecule has 4 heterocycles. The Morgan fingerprint density at radius 2 is 1.73 bits per heavy atom. The van der Waals surface area contributed by atoms with Crippen molar-refractivity contribution < 1.29 is 5.11 Å². The number of nitrogens with zero attached hydrogens (tertiary/aromatic N) is 4. The summed E-state index contributed by atoms with van der Waals surface area (Å²) in [5.41, 5.74) is 3.06. The molecule has 0 aliphatic carbocycles. The molecule has 0 saturated carbocycles. The molecule has 172 valence electrons. The van der Waals surface area contributed by atoms with Gasteiger partial charge in [0.1, 0.15) is 5.75 Å². The Hall–Kier alpha value is -3.19. The summed E-state index contributed by atoms with van der Waals surface area (Å²) in [6.45, 7) is 4.65. The summed E-state index contributed by atoms with van der Waals surface area (Å²) in [7, 11) is 3.81. The van der Waals surface area contributed by atoms with Crippen molar-refractivity contribution in [2.24, 2.45) is 7.05 Å². The van der Waals surface area contributed by atoms with Crippen LogP contribution in [0.3, 0.4) is 0 Å². The fourth-order valence-corrected chi connectivity index (χ4v) is 5.60. The van der Waals surface area contributed by atoms with E-state index in [2.05, 4.69) is 41.3 Å². The number of fused-ring (bicyclic) bond motifs is 2. The van der Waals surface area contributed by atoms with Gasteiger partial charge in [-0.3, -0.25) is 4.79 Å². The van der Waals surface area contributed by atoms with Crippen LogP contribution in [0.4, 0.5) is 5.82 Å². The molecule has 0 spiro atoms. The average molecular weight is 446 g/mol. The molecule has 33 heavy (non-hydrogen) atoms. The predicted molar refractivity (Wildman–Crippen MR) is 130 cm³/mol. The lowest BCUT2D eigenvalue weighted by Crippen LogP contribution is -2.58. The van der Waals surface area contributed by atoms with Gasteiger partial charge in [-0.1, -0.05) is 6.07 Å². The second-order valence-corrected chi connectivity index (χ2v) is 10.3. The molecule has 0 unspecified atom stereocenters. The minimum atomic E-state index is -0.0913. The Balaban J connectivity index is 1.36. The third-order valence-electron chi connectivity index (χ3n) is 7.48. The number of anilines is 1. The third-order valence-corrected chi connectivity index (χ3v) is 7.48. The maximum absolute atomic E-state index is 11.9. The summed E-state index contributed by atoms with van der Waals surface area (Å²) in [5, 5.41) is 23.4. The fraction of sp³-hybridized carbons (Fsp3) is 0.423. The van der Waals surface area contributed by atoms with E-state index >= 15 is 0 Å². The second kappa shape index (κ2) is 7.70. The standard InChI is InChI=1S/C26H31N5O2/c1-25-10-11-26(2,29-25)16-19(15-25)31(4)23-8-7-21(27-28-23)20-6-5-17(13-22(20)32)18-9-12-30(3)24(33)14-18/h5-9,12-14,19,29,32H,10-11,15-16H2,1-4H3/t19-,25+,26-. The highest BCUT2D eigenvalue weighted by Gasteiger charge is 2.49. The predicted octanol–water partition coefficient (Wildman–Crippen LogP) is 3.71. The van der Waals surface area contributed by atoms with Crippen molar-refractivity contribution in [2.45, 2.75) is 56.7 Å². The minimum absolute atomic E-state index is 0.0913. The summed E-state index contributed by atoms with van der Waals surface area (Å²) in [6.07, 6.45) is 6.33. The summed E-state index contributed by atoms with van der Waals surface area (Å²) in [6, 6.07) is 13.1. The van der Waals surface area contributed by atoms with E-state index in [1.165, 1.54) is 17.4 Å². The topological polar surface area (TPSA) is 83.3 Å². The Morgan fingerprint density at radius 1 is 1.03 bits per heavy atom. The van der Waals surface area contributed by atoms with Gasteiger partial charge in [0.25, 0.3) is 5.56 Å². The maximum atomic E-state index is 11.9. The Kier molecular flexibility index (Phi) is 5.05. The van der Waals surface area contributed by atoms with Gasteiger partial charge in [0, 0.05) is 49.0 Å². The number of piperidine rings is 1. The van der Waals surface area contributed by atoms with Gasteiger partial charge in [0.2, 0.25) is 0 Å². The number of phenols is 1. The number of rotatable bonds is 4. The van der Waals surface area contributed by atoms with Gasteiger partial charge >= 0.3 is 0 Å². The van der Waals surface area contributed by atoms with Gasteiger partial charge < -0.3 is 19.9 Å². The molecule has 2 aliphatic rings. The SMILES string of the molecule is CN(c1ccc(-c2ccc(-c3ccn(C)c(=O)c3)cc2O)nn1)[C@@H]1C[C@]2(C)CC[C@](C)(C1)N2. The molecule has 7 heteroatoms. The van der Waals surface area contributed by atoms with E-state index in [1.807, 2.05) is 30.3 Å². The third kappa shape index (κ3) is 4.02. The number of hydrogen-bond donors (Lipinski definition) is 2.